The van der Waals surface area contributed by atoms with Gasteiger partial charge in [-0.1, -0.05) is 0 Å². The number of methoxy groups -OCH3 is 1. The van der Waals surface area contributed by atoms with Crippen molar-refractivity contribution in [2.24, 2.45) is 0 Å². The van der Waals surface area contributed by atoms with Crippen LogP contribution in [0, 0.1) is 13.8 Å². The van der Waals surface area contributed by atoms with Crippen LogP contribution in [0.25, 0.3) is 11.0 Å². The number of imide groups is 1. The molecule has 2 N–H and O–H groups in total. The molecule has 0 spiro atoms. The molecule has 1 aliphatic rings. The number of hydrogen-bond acceptors (Lipinski definition) is 8. The predicted octanol–water partition coefficient (Wildman–Crippen LogP) is 3.10. The highest BCUT2D eigenvalue weighted by Crippen LogP contribution is 2.35. The summed E-state index contributed by atoms with van der Waals surface area (Å²) in [5.41, 5.74) is 3.67. The third kappa shape index (κ3) is 3.63. The van der Waals surface area contributed by atoms with E-state index >= 15 is 0 Å². The van der Waals surface area contributed by atoms with E-state index in [1.807, 2.05) is 13.8 Å². The fraction of sp³-hybridized carbons (Fsp3) is 0.368. The highest BCUT2D eigenvalue weighted by molar-refractivity contribution is 7.99. The molecule has 0 atom stereocenters. The predicted molar refractivity (Wildman–Crippen MR) is 112 cm³/mol. The second kappa shape index (κ2) is 8.02. The Bertz CT molecular complexity index is 1200. The maximum Gasteiger partial charge on any atom is 0.424 e. The van der Waals surface area contributed by atoms with E-state index in [2.05, 4.69) is 15.0 Å². The molecule has 0 aromatic carbocycles. The molecule has 0 saturated carbocycles. The van der Waals surface area contributed by atoms with E-state index in [-0.39, 0.29) is 11.4 Å². The SMILES string of the molecule is COc1c(C)cnc(Cn2nc3c4c(nc(N(C(=O)O)C(=O)O)nc42)SCCC3)c1C. The molecule has 31 heavy (non-hydrogen) atoms. The number of carbonyl (C=O) groups is 2. The lowest BCUT2D eigenvalue weighted by molar-refractivity contribution is 0.183. The highest BCUT2D eigenvalue weighted by Gasteiger charge is 2.29. The molecular weight excluding hydrogens is 424 g/mol. The number of anilines is 1. The van der Waals surface area contributed by atoms with Gasteiger partial charge in [-0.15, -0.1) is 16.7 Å². The molecule has 3 aromatic rings. The first-order valence-electron chi connectivity index (χ1n) is 9.47. The molecule has 12 heteroatoms. The first-order chi connectivity index (χ1) is 14.8. The average Bonchev–Trinajstić information content (AvgIpc) is 2.91. The number of carboxylic acid groups (broad SMARTS) is 2. The number of ether oxygens (including phenoxy) is 1. The average molecular weight is 444 g/mol. The van der Waals surface area contributed by atoms with Gasteiger partial charge in [0.2, 0.25) is 5.95 Å². The summed E-state index contributed by atoms with van der Waals surface area (Å²) in [6.07, 6.45) is -0.0544. The quantitative estimate of drug-likeness (QED) is 0.576. The Morgan fingerprint density at radius 2 is 2.00 bits per heavy atom. The third-order valence-electron chi connectivity index (χ3n) is 5.05. The first kappa shape index (κ1) is 20.8. The van der Waals surface area contributed by atoms with Crippen molar-refractivity contribution in [2.45, 2.75) is 38.3 Å². The summed E-state index contributed by atoms with van der Waals surface area (Å²) in [6, 6.07) is 0. The first-order valence-corrected chi connectivity index (χ1v) is 10.5. The van der Waals surface area contributed by atoms with Gasteiger partial charge in [-0.05, 0) is 32.4 Å². The van der Waals surface area contributed by atoms with E-state index in [0.717, 1.165) is 52.2 Å². The second-order valence-corrected chi connectivity index (χ2v) is 8.11. The maximum atomic E-state index is 11.5. The summed E-state index contributed by atoms with van der Waals surface area (Å²) in [5, 5.41) is 24.6. The molecule has 0 fully saturated rings. The summed E-state index contributed by atoms with van der Waals surface area (Å²) >= 11 is 1.44. The Hall–Kier alpha value is -3.41. The molecule has 4 rings (SSSR count). The Labute approximate surface area is 181 Å². The van der Waals surface area contributed by atoms with Crippen LogP contribution >= 0.6 is 11.8 Å². The Balaban J connectivity index is 1.90. The van der Waals surface area contributed by atoms with Crippen LogP contribution in [0.4, 0.5) is 15.5 Å². The molecule has 1 aliphatic heterocycles. The van der Waals surface area contributed by atoms with Gasteiger partial charge in [-0.2, -0.15) is 10.1 Å². The zero-order chi connectivity index (χ0) is 22.3. The molecule has 0 saturated heterocycles. The van der Waals surface area contributed by atoms with Crippen molar-refractivity contribution in [1.82, 2.24) is 24.7 Å². The van der Waals surface area contributed by atoms with Gasteiger partial charge in [0, 0.05) is 17.3 Å². The van der Waals surface area contributed by atoms with Crippen molar-refractivity contribution < 1.29 is 24.5 Å². The van der Waals surface area contributed by atoms with E-state index in [1.54, 1.807) is 18.0 Å². The summed E-state index contributed by atoms with van der Waals surface area (Å²) in [7, 11) is 1.60. The summed E-state index contributed by atoms with van der Waals surface area (Å²) in [6.45, 7) is 4.08. The number of nitrogens with zero attached hydrogens (tertiary/aromatic N) is 6. The number of aryl methyl sites for hydroxylation is 2. The summed E-state index contributed by atoms with van der Waals surface area (Å²) in [4.78, 5) is 36.1. The van der Waals surface area contributed by atoms with Gasteiger partial charge < -0.3 is 14.9 Å². The van der Waals surface area contributed by atoms with Gasteiger partial charge in [-0.25, -0.2) is 19.3 Å². The molecule has 0 aliphatic carbocycles. The van der Waals surface area contributed by atoms with Crippen LogP contribution in [-0.4, -0.2) is 60.0 Å². The standard InChI is InChI=1S/C19H20N6O5S/c1-9-7-20-12(10(2)14(9)30-3)8-24-15-13-11(23-24)5-4-6-31-16(13)22-17(21-15)25(18(26)27)19(28)29/h7H,4-6,8H2,1-3H3,(H,26,27)(H,28,29). The van der Waals surface area contributed by atoms with Crippen LogP contribution in [0.15, 0.2) is 11.2 Å². The van der Waals surface area contributed by atoms with Crippen molar-refractivity contribution in [3.63, 3.8) is 0 Å². The van der Waals surface area contributed by atoms with Gasteiger partial charge in [-0.3, -0.25) is 4.98 Å². The monoisotopic (exact) mass is 444 g/mol. The number of amides is 2. The second-order valence-electron chi connectivity index (χ2n) is 7.03. The Kier molecular flexibility index (Phi) is 5.39. The molecule has 0 bridgehead atoms. The minimum atomic E-state index is -1.68. The van der Waals surface area contributed by atoms with E-state index in [9.17, 15) is 19.8 Å². The van der Waals surface area contributed by atoms with Gasteiger partial charge in [0.05, 0.1) is 30.4 Å². The number of thioether (sulfide) groups is 1. The van der Waals surface area contributed by atoms with Crippen LogP contribution in [-0.2, 0) is 13.0 Å². The topological polar surface area (TPSA) is 144 Å². The van der Waals surface area contributed by atoms with Gasteiger partial charge in [0.1, 0.15) is 10.8 Å². The van der Waals surface area contributed by atoms with Crippen molar-refractivity contribution in [2.75, 3.05) is 17.8 Å². The lowest BCUT2D eigenvalue weighted by Crippen LogP contribution is -2.36. The number of pyridine rings is 1. The van der Waals surface area contributed by atoms with Gasteiger partial charge >= 0.3 is 12.2 Å². The number of rotatable bonds is 4. The molecular formula is C19H20N6O5S. The molecule has 4 heterocycles. The van der Waals surface area contributed by atoms with Crippen LogP contribution in [0.1, 0.15) is 28.9 Å². The van der Waals surface area contributed by atoms with Gasteiger partial charge in [0.25, 0.3) is 0 Å². The molecule has 2 amide bonds. The number of hydrogen-bond donors (Lipinski definition) is 2. The fourth-order valence-electron chi connectivity index (χ4n) is 3.62. The lowest BCUT2D eigenvalue weighted by Gasteiger charge is -2.14. The lowest BCUT2D eigenvalue weighted by atomic mass is 10.1. The third-order valence-corrected chi connectivity index (χ3v) is 6.11. The fourth-order valence-corrected chi connectivity index (χ4v) is 4.61. The summed E-state index contributed by atoms with van der Waals surface area (Å²) < 4.78 is 7.10. The minimum Gasteiger partial charge on any atom is -0.496 e. The van der Waals surface area contributed by atoms with E-state index in [0.29, 0.717) is 10.7 Å². The minimum absolute atomic E-state index is 0.108. The highest BCUT2D eigenvalue weighted by atomic mass is 32.2. The van der Waals surface area contributed by atoms with E-state index in [1.165, 1.54) is 11.8 Å². The Morgan fingerprint density at radius 3 is 2.68 bits per heavy atom. The van der Waals surface area contributed by atoms with E-state index in [4.69, 9.17) is 9.84 Å². The van der Waals surface area contributed by atoms with Crippen molar-refractivity contribution in [3.8, 4) is 5.75 Å². The normalized spacial score (nSPS) is 13.1. The van der Waals surface area contributed by atoms with Gasteiger partial charge in [0.15, 0.2) is 5.65 Å². The van der Waals surface area contributed by atoms with Crippen LogP contribution < -0.4 is 9.64 Å². The van der Waals surface area contributed by atoms with Crippen LogP contribution in [0.3, 0.4) is 0 Å². The molecule has 0 unspecified atom stereocenters. The number of aromatic nitrogens is 5. The van der Waals surface area contributed by atoms with Crippen LogP contribution in [0.2, 0.25) is 0 Å². The van der Waals surface area contributed by atoms with Crippen molar-refractivity contribution >= 4 is 40.9 Å². The van der Waals surface area contributed by atoms with Crippen molar-refractivity contribution in [1.29, 1.82) is 0 Å². The molecule has 0 radical (unpaired) electrons. The van der Waals surface area contributed by atoms with Crippen LogP contribution in [0.5, 0.6) is 5.75 Å². The zero-order valence-corrected chi connectivity index (χ0v) is 17.9. The zero-order valence-electron chi connectivity index (χ0n) is 17.1. The van der Waals surface area contributed by atoms with Crippen molar-refractivity contribution in [3.05, 3.63) is 28.7 Å². The smallest absolute Gasteiger partial charge is 0.424 e. The molecule has 3 aromatic heterocycles. The molecule has 162 valence electrons. The van der Waals surface area contributed by atoms with E-state index < -0.39 is 18.1 Å². The summed E-state index contributed by atoms with van der Waals surface area (Å²) in [5.74, 6) is 1.07. The largest absolute Gasteiger partial charge is 0.496 e. The Morgan fingerprint density at radius 1 is 1.26 bits per heavy atom. The molecule has 11 nitrogen and oxygen atoms in total. The maximum absolute atomic E-state index is 11.5.